The molecule has 1 rings (SSSR count). The highest BCUT2D eigenvalue weighted by atomic mass is 32.2. The summed E-state index contributed by atoms with van der Waals surface area (Å²) in [6.07, 6.45) is 2.46. The first-order chi connectivity index (χ1) is 9.29. The molecule has 1 fully saturated rings. The Kier molecular flexibility index (Phi) is 6.91. The molecule has 2 atom stereocenters. The van der Waals surface area contributed by atoms with Crippen LogP contribution in [0.25, 0.3) is 0 Å². The highest BCUT2D eigenvalue weighted by molar-refractivity contribution is 7.88. The van der Waals surface area contributed by atoms with E-state index in [-0.39, 0.29) is 6.04 Å². The SMILES string of the molecule is CCN(CC)CCCN1C[C@@H](C)N(S(C)(=O)=O)C[C@@H]1C. The van der Waals surface area contributed by atoms with Gasteiger partial charge in [0, 0.05) is 25.2 Å². The van der Waals surface area contributed by atoms with Gasteiger partial charge in [-0.15, -0.1) is 0 Å². The Hall–Kier alpha value is -0.170. The Morgan fingerprint density at radius 3 is 2.20 bits per heavy atom. The van der Waals surface area contributed by atoms with Gasteiger partial charge in [-0.1, -0.05) is 13.8 Å². The van der Waals surface area contributed by atoms with E-state index in [0.29, 0.717) is 12.6 Å². The number of rotatable bonds is 7. The second-order valence-electron chi connectivity index (χ2n) is 5.91. The molecule has 1 saturated heterocycles. The van der Waals surface area contributed by atoms with Crippen molar-refractivity contribution in [1.29, 1.82) is 0 Å². The maximum atomic E-state index is 11.7. The summed E-state index contributed by atoms with van der Waals surface area (Å²) in [7, 11) is -3.07. The van der Waals surface area contributed by atoms with Crippen LogP contribution in [0.3, 0.4) is 0 Å². The molecule has 0 radical (unpaired) electrons. The Morgan fingerprint density at radius 1 is 1.10 bits per heavy atom. The number of nitrogens with zero attached hydrogens (tertiary/aromatic N) is 3. The Labute approximate surface area is 125 Å². The fourth-order valence-electron chi connectivity index (χ4n) is 2.98. The van der Waals surface area contributed by atoms with E-state index < -0.39 is 10.0 Å². The molecule has 0 aromatic carbocycles. The lowest BCUT2D eigenvalue weighted by Crippen LogP contribution is -2.57. The smallest absolute Gasteiger partial charge is 0.211 e. The van der Waals surface area contributed by atoms with Crippen molar-refractivity contribution < 1.29 is 8.42 Å². The molecule has 20 heavy (non-hydrogen) atoms. The Bertz CT molecular complexity index is 382. The molecule has 0 aromatic rings. The standard InChI is InChI=1S/C14H31N3O2S/c1-6-15(7-2)9-8-10-16-11-14(4)17(12-13(16)3)20(5,18)19/h13-14H,6-12H2,1-5H3/t13-,14+/m0/s1. The van der Waals surface area contributed by atoms with Crippen LogP contribution in [0.4, 0.5) is 0 Å². The zero-order valence-corrected chi connectivity index (χ0v) is 14.5. The molecule has 1 aliphatic rings. The number of piperazine rings is 1. The number of hydrogen-bond donors (Lipinski definition) is 0. The normalized spacial score (nSPS) is 26.3. The lowest BCUT2D eigenvalue weighted by molar-refractivity contribution is 0.0889. The highest BCUT2D eigenvalue weighted by Gasteiger charge is 2.33. The predicted molar refractivity (Wildman–Crippen MR) is 84.5 cm³/mol. The van der Waals surface area contributed by atoms with E-state index >= 15 is 0 Å². The third-order valence-corrected chi connectivity index (χ3v) is 5.66. The highest BCUT2D eigenvalue weighted by Crippen LogP contribution is 2.18. The Balaban J connectivity index is 2.46. The molecule has 120 valence electrons. The average Bonchev–Trinajstić information content (AvgIpc) is 2.36. The van der Waals surface area contributed by atoms with Gasteiger partial charge in [0.05, 0.1) is 6.26 Å². The molecule has 6 heteroatoms. The predicted octanol–water partition coefficient (Wildman–Crippen LogP) is 1.07. The number of sulfonamides is 1. The van der Waals surface area contributed by atoms with Crippen LogP contribution in [0.5, 0.6) is 0 Å². The van der Waals surface area contributed by atoms with Gasteiger partial charge in [-0.25, -0.2) is 8.42 Å². The molecule has 0 saturated carbocycles. The average molecular weight is 305 g/mol. The van der Waals surface area contributed by atoms with Crippen molar-refractivity contribution in [2.24, 2.45) is 0 Å². The molecule has 0 unspecified atom stereocenters. The monoisotopic (exact) mass is 305 g/mol. The maximum absolute atomic E-state index is 11.7. The fraction of sp³-hybridized carbons (Fsp3) is 1.00. The van der Waals surface area contributed by atoms with Crippen molar-refractivity contribution >= 4 is 10.0 Å². The topological polar surface area (TPSA) is 43.9 Å². The van der Waals surface area contributed by atoms with Crippen molar-refractivity contribution in [1.82, 2.24) is 14.1 Å². The minimum atomic E-state index is -3.07. The van der Waals surface area contributed by atoms with E-state index in [4.69, 9.17) is 0 Å². The van der Waals surface area contributed by atoms with E-state index in [1.807, 2.05) is 6.92 Å². The van der Waals surface area contributed by atoms with E-state index in [2.05, 4.69) is 30.6 Å². The van der Waals surface area contributed by atoms with Crippen LogP contribution < -0.4 is 0 Å². The van der Waals surface area contributed by atoms with Gasteiger partial charge in [-0.2, -0.15) is 4.31 Å². The third-order valence-electron chi connectivity index (χ3n) is 4.30. The summed E-state index contributed by atoms with van der Waals surface area (Å²) >= 11 is 0. The molecule has 0 N–H and O–H groups in total. The zero-order valence-electron chi connectivity index (χ0n) is 13.7. The molecule has 1 heterocycles. The van der Waals surface area contributed by atoms with Crippen molar-refractivity contribution in [3.8, 4) is 0 Å². The van der Waals surface area contributed by atoms with Crippen molar-refractivity contribution in [3.63, 3.8) is 0 Å². The third kappa shape index (κ3) is 4.98. The van der Waals surface area contributed by atoms with Gasteiger partial charge in [0.1, 0.15) is 0 Å². The molecular weight excluding hydrogens is 274 g/mol. The summed E-state index contributed by atoms with van der Waals surface area (Å²) < 4.78 is 25.1. The Morgan fingerprint density at radius 2 is 1.70 bits per heavy atom. The summed E-state index contributed by atoms with van der Waals surface area (Å²) in [5.74, 6) is 0. The van der Waals surface area contributed by atoms with Crippen molar-refractivity contribution in [3.05, 3.63) is 0 Å². The first-order valence-electron chi connectivity index (χ1n) is 7.72. The van der Waals surface area contributed by atoms with Gasteiger partial charge in [0.25, 0.3) is 0 Å². The molecule has 0 amide bonds. The first kappa shape index (κ1) is 17.9. The first-order valence-corrected chi connectivity index (χ1v) is 9.57. The van der Waals surface area contributed by atoms with Crippen LogP contribution >= 0.6 is 0 Å². The minimum Gasteiger partial charge on any atom is -0.304 e. The van der Waals surface area contributed by atoms with Crippen LogP contribution in [0, 0.1) is 0 Å². The maximum Gasteiger partial charge on any atom is 0.211 e. The second-order valence-corrected chi connectivity index (χ2v) is 7.84. The van der Waals surface area contributed by atoms with Gasteiger partial charge in [-0.05, 0) is 46.4 Å². The van der Waals surface area contributed by atoms with E-state index in [9.17, 15) is 8.42 Å². The molecular formula is C14H31N3O2S. The minimum absolute atomic E-state index is 0.0784. The summed E-state index contributed by atoms with van der Waals surface area (Å²) in [6.45, 7) is 14.4. The van der Waals surface area contributed by atoms with Crippen molar-refractivity contribution in [2.45, 2.75) is 46.2 Å². The van der Waals surface area contributed by atoms with Gasteiger partial charge >= 0.3 is 0 Å². The lowest BCUT2D eigenvalue weighted by Gasteiger charge is -2.43. The second kappa shape index (κ2) is 7.73. The molecule has 1 aliphatic heterocycles. The van der Waals surface area contributed by atoms with Crippen molar-refractivity contribution in [2.75, 3.05) is 45.5 Å². The molecule has 0 bridgehead atoms. The molecule has 5 nitrogen and oxygen atoms in total. The van der Waals surface area contributed by atoms with Gasteiger partial charge < -0.3 is 4.90 Å². The fourth-order valence-corrected chi connectivity index (χ4v) is 4.18. The van der Waals surface area contributed by atoms with E-state index in [1.165, 1.54) is 6.26 Å². The summed E-state index contributed by atoms with van der Waals surface area (Å²) in [6, 6.07) is 0.382. The summed E-state index contributed by atoms with van der Waals surface area (Å²) in [4.78, 5) is 4.86. The van der Waals surface area contributed by atoms with Gasteiger partial charge in [0.15, 0.2) is 0 Å². The summed E-state index contributed by atoms with van der Waals surface area (Å²) in [5.41, 5.74) is 0. The van der Waals surface area contributed by atoms with Crippen LogP contribution in [-0.4, -0.2) is 80.1 Å². The summed E-state index contributed by atoms with van der Waals surface area (Å²) in [5, 5.41) is 0. The van der Waals surface area contributed by atoms with Crippen LogP contribution in [-0.2, 0) is 10.0 Å². The van der Waals surface area contributed by atoms with Gasteiger partial charge in [-0.3, -0.25) is 4.90 Å². The van der Waals surface area contributed by atoms with Crippen LogP contribution in [0.15, 0.2) is 0 Å². The molecule has 0 aromatic heterocycles. The lowest BCUT2D eigenvalue weighted by atomic mass is 10.1. The van der Waals surface area contributed by atoms with E-state index in [1.54, 1.807) is 4.31 Å². The quantitative estimate of drug-likeness (QED) is 0.706. The van der Waals surface area contributed by atoms with Crippen LogP contribution in [0.1, 0.15) is 34.1 Å². The van der Waals surface area contributed by atoms with Gasteiger partial charge in [0.2, 0.25) is 10.0 Å². The van der Waals surface area contributed by atoms with E-state index in [0.717, 1.165) is 39.1 Å². The van der Waals surface area contributed by atoms with Crippen LogP contribution in [0.2, 0.25) is 0 Å². The molecule has 0 aliphatic carbocycles. The molecule has 0 spiro atoms. The largest absolute Gasteiger partial charge is 0.304 e. The zero-order chi connectivity index (χ0) is 15.3. The number of hydrogen-bond acceptors (Lipinski definition) is 4.